The summed E-state index contributed by atoms with van der Waals surface area (Å²) in [6, 6.07) is 0. The molecular formula is C11H15ClN4S. The monoisotopic (exact) mass is 270 g/mol. The van der Waals surface area contributed by atoms with Crippen LogP contribution in [0, 0.1) is 0 Å². The molecule has 0 aromatic carbocycles. The second-order valence-electron chi connectivity index (χ2n) is 3.78. The van der Waals surface area contributed by atoms with Gasteiger partial charge in [-0.2, -0.15) is 0 Å². The van der Waals surface area contributed by atoms with E-state index in [-0.39, 0.29) is 0 Å². The highest BCUT2D eigenvalue weighted by Crippen LogP contribution is 2.19. The molecule has 0 aliphatic heterocycles. The van der Waals surface area contributed by atoms with E-state index in [1.54, 1.807) is 11.8 Å². The highest BCUT2D eigenvalue weighted by molar-refractivity contribution is 7.99. The summed E-state index contributed by atoms with van der Waals surface area (Å²) < 4.78 is 4.08. The summed E-state index contributed by atoms with van der Waals surface area (Å²) in [6.45, 7) is 0. The number of thioether (sulfide) groups is 1. The highest BCUT2D eigenvalue weighted by Gasteiger charge is 2.06. The summed E-state index contributed by atoms with van der Waals surface area (Å²) in [4.78, 5) is 8.63. The molecule has 2 heterocycles. The molecule has 6 heteroatoms. The average Bonchev–Trinajstić information content (AvgIpc) is 2.87. The highest BCUT2D eigenvalue weighted by atomic mass is 35.5. The summed E-state index contributed by atoms with van der Waals surface area (Å²) in [5.41, 5.74) is 1.05. The second kappa shape index (κ2) is 5.60. The molecule has 0 radical (unpaired) electrons. The lowest BCUT2D eigenvalue weighted by Gasteiger charge is -2.04. The van der Waals surface area contributed by atoms with Gasteiger partial charge in [-0.25, -0.2) is 9.97 Å². The van der Waals surface area contributed by atoms with E-state index in [2.05, 4.69) is 9.97 Å². The van der Waals surface area contributed by atoms with Crippen molar-refractivity contribution in [2.75, 3.05) is 5.75 Å². The first-order chi connectivity index (χ1) is 8.22. The summed E-state index contributed by atoms with van der Waals surface area (Å²) in [5.74, 6) is 2.57. The Balaban J connectivity index is 1.90. The van der Waals surface area contributed by atoms with E-state index in [0.29, 0.717) is 5.88 Å². The molecule has 17 heavy (non-hydrogen) atoms. The van der Waals surface area contributed by atoms with Gasteiger partial charge in [-0.3, -0.25) is 0 Å². The van der Waals surface area contributed by atoms with Gasteiger partial charge in [0.25, 0.3) is 0 Å². The van der Waals surface area contributed by atoms with Crippen LogP contribution < -0.4 is 0 Å². The lowest BCUT2D eigenvalue weighted by molar-refractivity contribution is 0.758. The van der Waals surface area contributed by atoms with Crippen molar-refractivity contribution in [3.05, 3.63) is 30.1 Å². The molecule has 0 aliphatic rings. The van der Waals surface area contributed by atoms with Crippen molar-refractivity contribution >= 4 is 23.4 Å². The summed E-state index contributed by atoms with van der Waals surface area (Å²) in [6.07, 6.45) is 6.56. The van der Waals surface area contributed by atoms with E-state index < -0.39 is 0 Å². The minimum Gasteiger partial charge on any atom is -0.338 e. The van der Waals surface area contributed by atoms with Crippen LogP contribution in [0.1, 0.15) is 11.5 Å². The summed E-state index contributed by atoms with van der Waals surface area (Å²) >= 11 is 7.53. The zero-order chi connectivity index (χ0) is 12.3. The van der Waals surface area contributed by atoms with Crippen LogP contribution in [0.5, 0.6) is 0 Å². The molecular weight excluding hydrogens is 256 g/mol. The zero-order valence-electron chi connectivity index (χ0n) is 9.93. The van der Waals surface area contributed by atoms with Gasteiger partial charge >= 0.3 is 0 Å². The maximum Gasteiger partial charge on any atom is 0.167 e. The molecule has 4 nitrogen and oxygen atoms in total. The number of hydrogen-bond donors (Lipinski definition) is 0. The average molecular weight is 271 g/mol. The third-order valence-electron chi connectivity index (χ3n) is 2.66. The number of aryl methyl sites for hydroxylation is 2. The van der Waals surface area contributed by atoms with Crippen molar-refractivity contribution in [3.8, 4) is 0 Å². The number of halogens is 1. The molecule has 0 fully saturated rings. The number of hydrogen-bond acceptors (Lipinski definition) is 3. The van der Waals surface area contributed by atoms with Gasteiger partial charge in [0.1, 0.15) is 5.82 Å². The van der Waals surface area contributed by atoms with E-state index in [4.69, 9.17) is 11.6 Å². The van der Waals surface area contributed by atoms with Crippen molar-refractivity contribution in [2.24, 2.45) is 14.1 Å². The third kappa shape index (κ3) is 2.84. The van der Waals surface area contributed by atoms with Crippen LogP contribution in [-0.4, -0.2) is 24.9 Å². The van der Waals surface area contributed by atoms with Crippen molar-refractivity contribution in [1.29, 1.82) is 0 Å². The van der Waals surface area contributed by atoms with Crippen LogP contribution in [0.4, 0.5) is 0 Å². The Morgan fingerprint density at radius 1 is 1.35 bits per heavy atom. The fourth-order valence-electron chi connectivity index (χ4n) is 1.56. The molecule has 2 aromatic rings. The largest absolute Gasteiger partial charge is 0.338 e. The van der Waals surface area contributed by atoms with Crippen LogP contribution >= 0.6 is 23.4 Å². The van der Waals surface area contributed by atoms with Gasteiger partial charge in [-0.15, -0.1) is 11.6 Å². The molecule has 2 aromatic heterocycles. The Labute approximate surface area is 110 Å². The molecule has 0 spiro atoms. The molecule has 0 unspecified atom stereocenters. The SMILES string of the molecule is Cn1ccnc1CCSc1ncc(CCl)n1C. The fourth-order valence-corrected chi connectivity index (χ4v) is 2.71. The standard InChI is InChI=1S/C11H15ClN4S/c1-15-5-4-13-10(15)3-6-17-11-14-8-9(7-12)16(11)2/h4-5,8H,3,6-7H2,1-2H3. The third-order valence-corrected chi connectivity index (χ3v) is 3.98. The van der Waals surface area contributed by atoms with Crippen LogP contribution in [0.15, 0.2) is 23.7 Å². The first-order valence-corrected chi connectivity index (χ1v) is 6.90. The molecule has 92 valence electrons. The van der Waals surface area contributed by atoms with Crippen molar-refractivity contribution < 1.29 is 0 Å². The van der Waals surface area contributed by atoms with E-state index in [9.17, 15) is 0 Å². The van der Waals surface area contributed by atoms with E-state index in [0.717, 1.165) is 28.8 Å². The quantitative estimate of drug-likeness (QED) is 0.617. The Morgan fingerprint density at radius 2 is 2.18 bits per heavy atom. The second-order valence-corrected chi connectivity index (χ2v) is 5.11. The molecule has 2 rings (SSSR count). The van der Waals surface area contributed by atoms with E-state index in [1.807, 2.05) is 41.8 Å². The normalized spacial score (nSPS) is 11.0. The van der Waals surface area contributed by atoms with E-state index in [1.165, 1.54) is 0 Å². The van der Waals surface area contributed by atoms with Gasteiger partial charge in [0, 0.05) is 38.7 Å². The fraction of sp³-hybridized carbons (Fsp3) is 0.455. The molecule has 0 atom stereocenters. The maximum absolute atomic E-state index is 5.80. The number of imidazole rings is 2. The van der Waals surface area contributed by atoms with Gasteiger partial charge in [-0.05, 0) is 0 Å². The van der Waals surface area contributed by atoms with Gasteiger partial charge in [0.05, 0.1) is 17.8 Å². The van der Waals surface area contributed by atoms with Crippen LogP contribution in [-0.2, 0) is 26.4 Å². The first-order valence-electron chi connectivity index (χ1n) is 5.38. The smallest absolute Gasteiger partial charge is 0.167 e. The number of aromatic nitrogens is 4. The minimum absolute atomic E-state index is 0.503. The Kier molecular flexibility index (Phi) is 4.12. The Bertz CT molecular complexity index is 491. The molecule has 0 saturated heterocycles. The lowest BCUT2D eigenvalue weighted by atomic mass is 10.4. The molecule has 0 saturated carbocycles. The number of rotatable bonds is 5. The van der Waals surface area contributed by atoms with Gasteiger partial charge < -0.3 is 9.13 Å². The van der Waals surface area contributed by atoms with Gasteiger partial charge in [-0.1, -0.05) is 11.8 Å². The molecule has 0 aliphatic carbocycles. The van der Waals surface area contributed by atoms with Gasteiger partial charge in [0.2, 0.25) is 0 Å². The topological polar surface area (TPSA) is 35.6 Å². The molecule has 0 N–H and O–H groups in total. The first kappa shape index (κ1) is 12.5. The van der Waals surface area contributed by atoms with Crippen molar-refractivity contribution in [3.63, 3.8) is 0 Å². The maximum atomic E-state index is 5.80. The van der Waals surface area contributed by atoms with Crippen LogP contribution in [0.2, 0.25) is 0 Å². The molecule has 0 bridgehead atoms. The predicted octanol–water partition coefficient (Wildman–Crippen LogP) is 2.23. The Hall–Kier alpha value is -0.940. The minimum atomic E-state index is 0.503. The predicted molar refractivity (Wildman–Crippen MR) is 70.4 cm³/mol. The van der Waals surface area contributed by atoms with Crippen molar-refractivity contribution in [1.82, 2.24) is 19.1 Å². The number of nitrogens with zero attached hydrogens (tertiary/aromatic N) is 4. The number of alkyl halides is 1. The van der Waals surface area contributed by atoms with Crippen molar-refractivity contribution in [2.45, 2.75) is 17.5 Å². The summed E-state index contributed by atoms with van der Waals surface area (Å²) in [7, 11) is 4.01. The molecule has 0 amide bonds. The van der Waals surface area contributed by atoms with E-state index >= 15 is 0 Å². The lowest BCUT2D eigenvalue weighted by Crippen LogP contribution is -2.01. The van der Waals surface area contributed by atoms with Crippen LogP contribution in [0.3, 0.4) is 0 Å². The zero-order valence-corrected chi connectivity index (χ0v) is 11.5. The summed E-state index contributed by atoms with van der Waals surface area (Å²) in [5, 5.41) is 1.01. The van der Waals surface area contributed by atoms with Crippen LogP contribution in [0.25, 0.3) is 0 Å². The Morgan fingerprint density at radius 3 is 2.76 bits per heavy atom. The van der Waals surface area contributed by atoms with Gasteiger partial charge in [0.15, 0.2) is 5.16 Å².